The van der Waals surface area contributed by atoms with Gasteiger partial charge < -0.3 is 9.80 Å². The average molecular weight is 393 g/mol. The van der Waals surface area contributed by atoms with Gasteiger partial charge in [-0.05, 0) is 38.2 Å². The molecule has 4 rings (SSSR count). The van der Waals surface area contributed by atoms with Crippen molar-refractivity contribution in [3.63, 3.8) is 0 Å². The molecule has 1 aromatic carbocycles. The minimum absolute atomic E-state index is 0.00184. The van der Waals surface area contributed by atoms with Gasteiger partial charge in [-0.25, -0.2) is 9.97 Å². The number of carbonyl (C=O) groups is 2. The SMILES string of the molecule is Cc1ncncc1C(=O)N1CCC2(CC1)CC(=O)N(CCCc1ccccc1)C2. The molecule has 3 heterocycles. The maximum absolute atomic E-state index is 12.8. The molecule has 2 aliphatic heterocycles. The molecule has 29 heavy (non-hydrogen) atoms. The van der Waals surface area contributed by atoms with Crippen molar-refractivity contribution in [2.75, 3.05) is 26.2 Å². The van der Waals surface area contributed by atoms with Crippen LogP contribution in [0, 0.1) is 12.3 Å². The Kier molecular flexibility index (Phi) is 5.60. The number of piperidine rings is 1. The zero-order valence-electron chi connectivity index (χ0n) is 17.0. The van der Waals surface area contributed by atoms with Crippen LogP contribution >= 0.6 is 0 Å². The van der Waals surface area contributed by atoms with Gasteiger partial charge in [-0.2, -0.15) is 0 Å². The van der Waals surface area contributed by atoms with E-state index in [1.165, 1.54) is 11.9 Å². The minimum atomic E-state index is 0.00184. The summed E-state index contributed by atoms with van der Waals surface area (Å²) in [5.41, 5.74) is 2.64. The average Bonchev–Trinajstić information content (AvgIpc) is 3.04. The summed E-state index contributed by atoms with van der Waals surface area (Å²) in [5, 5.41) is 0. The van der Waals surface area contributed by atoms with E-state index in [0.717, 1.165) is 38.8 Å². The number of hydrogen-bond acceptors (Lipinski definition) is 4. The topological polar surface area (TPSA) is 66.4 Å². The van der Waals surface area contributed by atoms with E-state index in [1.807, 2.05) is 22.8 Å². The number of aromatic nitrogens is 2. The molecule has 152 valence electrons. The van der Waals surface area contributed by atoms with Gasteiger partial charge in [0.05, 0.1) is 11.3 Å². The van der Waals surface area contributed by atoms with Gasteiger partial charge in [0.25, 0.3) is 5.91 Å². The summed E-state index contributed by atoms with van der Waals surface area (Å²) >= 11 is 0. The Labute approximate surface area is 172 Å². The molecule has 2 aliphatic rings. The summed E-state index contributed by atoms with van der Waals surface area (Å²) in [6, 6.07) is 10.4. The lowest BCUT2D eigenvalue weighted by atomic mass is 9.77. The summed E-state index contributed by atoms with van der Waals surface area (Å²) < 4.78 is 0. The van der Waals surface area contributed by atoms with Crippen LogP contribution in [0.4, 0.5) is 0 Å². The molecular weight excluding hydrogens is 364 g/mol. The highest BCUT2D eigenvalue weighted by atomic mass is 16.2. The molecule has 2 aromatic rings. The second-order valence-corrected chi connectivity index (χ2v) is 8.40. The maximum atomic E-state index is 12.8. The first-order chi connectivity index (χ1) is 14.1. The molecule has 0 unspecified atom stereocenters. The number of likely N-dealkylation sites (tertiary alicyclic amines) is 2. The lowest BCUT2D eigenvalue weighted by molar-refractivity contribution is -0.127. The third kappa shape index (κ3) is 4.31. The Morgan fingerprint density at radius 1 is 1.17 bits per heavy atom. The Morgan fingerprint density at radius 2 is 1.93 bits per heavy atom. The van der Waals surface area contributed by atoms with Crippen LogP contribution in [0.1, 0.15) is 47.3 Å². The van der Waals surface area contributed by atoms with E-state index < -0.39 is 0 Å². The normalized spacial score (nSPS) is 18.4. The van der Waals surface area contributed by atoms with E-state index in [2.05, 4.69) is 34.2 Å². The van der Waals surface area contributed by atoms with E-state index in [1.54, 1.807) is 6.20 Å². The number of aryl methyl sites for hydroxylation is 2. The predicted molar refractivity (Wildman–Crippen MR) is 110 cm³/mol. The van der Waals surface area contributed by atoms with Crippen LogP contribution < -0.4 is 0 Å². The molecule has 2 saturated heterocycles. The van der Waals surface area contributed by atoms with Crippen LogP contribution in [0.2, 0.25) is 0 Å². The van der Waals surface area contributed by atoms with Gasteiger partial charge in [-0.3, -0.25) is 9.59 Å². The summed E-state index contributed by atoms with van der Waals surface area (Å²) in [5.74, 6) is 0.270. The summed E-state index contributed by atoms with van der Waals surface area (Å²) in [6.45, 7) is 4.87. The summed E-state index contributed by atoms with van der Waals surface area (Å²) in [6.07, 6.45) is 7.44. The van der Waals surface area contributed by atoms with Crippen LogP contribution in [-0.4, -0.2) is 57.8 Å². The second kappa shape index (κ2) is 8.31. The van der Waals surface area contributed by atoms with Crippen molar-refractivity contribution < 1.29 is 9.59 Å². The fourth-order valence-electron chi connectivity index (χ4n) is 4.59. The highest BCUT2D eigenvalue weighted by Gasteiger charge is 2.45. The van der Waals surface area contributed by atoms with Crippen molar-refractivity contribution in [2.24, 2.45) is 5.41 Å². The van der Waals surface area contributed by atoms with Gasteiger partial charge in [-0.1, -0.05) is 30.3 Å². The third-order valence-electron chi connectivity index (χ3n) is 6.39. The monoisotopic (exact) mass is 392 g/mol. The maximum Gasteiger partial charge on any atom is 0.257 e. The molecular formula is C23H28N4O2. The lowest BCUT2D eigenvalue weighted by Gasteiger charge is -2.39. The molecule has 0 radical (unpaired) electrons. The van der Waals surface area contributed by atoms with Gasteiger partial charge >= 0.3 is 0 Å². The van der Waals surface area contributed by atoms with Gasteiger partial charge in [0.1, 0.15) is 6.33 Å². The van der Waals surface area contributed by atoms with Crippen molar-refractivity contribution in [1.29, 1.82) is 0 Å². The number of hydrogen-bond donors (Lipinski definition) is 0. The van der Waals surface area contributed by atoms with E-state index in [0.29, 0.717) is 30.8 Å². The number of amides is 2. The molecule has 6 heteroatoms. The molecule has 2 amide bonds. The number of nitrogens with zero attached hydrogens (tertiary/aromatic N) is 4. The number of carbonyl (C=O) groups excluding carboxylic acids is 2. The van der Waals surface area contributed by atoms with E-state index in [9.17, 15) is 9.59 Å². The van der Waals surface area contributed by atoms with Crippen molar-refractivity contribution in [1.82, 2.24) is 19.8 Å². The Morgan fingerprint density at radius 3 is 2.66 bits per heavy atom. The smallest absolute Gasteiger partial charge is 0.257 e. The summed E-state index contributed by atoms with van der Waals surface area (Å²) in [4.78, 5) is 37.4. The van der Waals surface area contributed by atoms with Crippen LogP contribution in [0.15, 0.2) is 42.9 Å². The standard InChI is InChI=1S/C23H28N4O2/c1-18-20(15-24-17-25-18)22(29)26-12-9-23(10-13-26)14-21(28)27(16-23)11-5-8-19-6-3-2-4-7-19/h2-4,6-7,15,17H,5,8-14,16H2,1H3. The third-order valence-corrected chi connectivity index (χ3v) is 6.39. The Bertz CT molecular complexity index is 875. The second-order valence-electron chi connectivity index (χ2n) is 8.40. The van der Waals surface area contributed by atoms with Gasteiger partial charge in [0.2, 0.25) is 5.91 Å². The van der Waals surface area contributed by atoms with Crippen molar-refractivity contribution in [3.05, 3.63) is 59.7 Å². The highest BCUT2D eigenvalue weighted by molar-refractivity contribution is 5.95. The fraction of sp³-hybridized carbons (Fsp3) is 0.478. The highest BCUT2D eigenvalue weighted by Crippen LogP contribution is 2.41. The molecule has 0 aliphatic carbocycles. The molecule has 1 aromatic heterocycles. The van der Waals surface area contributed by atoms with E-state index >= 15 is 0 Å². The van der Waals surface area contributed by atoms with Crippen LogP contribution in [0.3, 0.4) is 0 Å². The molecule has 2 fully saturated rings. The molecule has 1 spiro atoms. The molecule has 0 bridgehead atoms. The molecule has 0 atom stereocenters. The summed E-state index contributed by atoms with van der Waals surface area (Å²) in [7, 11) is 0. The van der Waals surface area contributed by atoms with Crippen molar-refractivity contribution in [3.8, 4) is 0 Å². The fourth-order valence-corrected chi connectivity index (χ4v) is 4.59. The largest absolute Gasteiger partial charge is 0.342 e. The van der Waals surface area contributed by atoms with Crippen LogP contribution in [0.25, 0.3) is 0 Å². The minimum Gasteiger partial charge on any atom is -0.342 e. The van der Waals surface area contributed by atoms with Gasteiger partial charge in [0, 0.05) is 44.2 Å². The van der Waals surface area contributed by atoms with Gasteiger partial charge in [-0.15, -0.1) is 0 Å². The molecule has 6 nitrogen and oxygen atoms in total. The zero-order valence-corrected chi connectivity index (χ0v) is 17.0. The lowest BCUT2D eigenvalue weighted by Crippen LogP contribution is -2.44. The van der Waals surface area contributed by atoms with E-state index in [-0.39, 0.29) is 17.2 Å². The van der Waals surface area contributed by atoms with Crippen LogP contribution in [-0.2, 0) is 11.2 Å². The van der Waals surface area contributed by atoms with Crippen molar-refractivity contribution >= 4 is 11.8 Å². The predicted octanol–water partition coefficient (Wildman–Crippen LogP) is 2.87. The first kappa shape index (κ1) is 19.6. The first-order valence-electron chi connectivity index (χ1n) is 10.4. The molecule has 0 saturated carbocycles. The van der Waals surface area contributed by atoms with E-state index in [4.69, 9.17) is 0 Å². The number of benzene rings is 1. The number of rotatable bonds is 5. The van der Waals surface area contributed by atoms with Crippen molar-refractivity contribution in [2.45, 2.75) is 39.0 Å². The Hall–Kier alpha value is -2.76. The van der Waals surface area contributed by atoms with Gasteiger partial charge in [0.15, 0.2) is 0 Å². The Balaban J connectivity index is 1.30. The van der Waals surface area contributed by atoms with Crippen LogP contribution in [0.5, 0.6) is 0 Å². The quantitative estimate of drug-likeness (QED) is 0.785. The zero-order chi connectivity index (χ0) is 20.3. The molecule has 0 N–H and O–H groups in total. The first-order valence-corrected chi connectivity index (χ1v) is 10.4.